The van der Waals surface area contributed by atoms with E-state index in [4.69, 9.17) is 21.1 Å². The van der Waals surface area contributed by atoms with Crippen LogP contribution in [0.1, 0.15) is 22.3 Å². The van der Waals surface area contributed by atoms with Gasteiger partial charge in [0, 0.05) is 6.42 Å². The lowest BCUT2D eigenvalue weighted by atomic mass is 10.1. The van der Waals surface area contributed by atoms with Crippen LogP contribution < -0.4 is 15.5 Å². The van der Waals surface area contributed by atoms with Gasteiger partial charge in [0.1, 0.15) is 5.75 Å². The standard InChI is InChI=1S/C22H19ClF3N3O6/c1-34-17-5-3-2-4-14(17)20(32)28-29-10-12(8-19(29)31)21(33)35-11-18(30)27-16-9-13(22(24,25)26)6-7-15(16)23/h2-7,9,12H,8,10-11H2,1H3,(H,27,30)(H,28,32)/t12-/m1/s1. The van der Waals surface area contributed by atoms with E-state index in [-0.39, 0.29) is 29.2 Å². The predicted octanol–water partition coefficient (Wildman–Crippen LogP) is 3.04. The monoisotopic (exact) mass is 513 g/mol. The highest BCUT2D eigenvalue weighted by Crippen LogP contribution is 2.33. The second-order valence-corrected chi connectivity index (χ2v) is 7.80. The van der Waals surface area contributed by atoms with Crippen molar-refractivity contribution in [3.8, 4) is 5.75 Å². The molecule has 1 heterocycles. The van der Waals surface area contributed by atoms with Crippen LogP contribution in [-0.4, -0.2) is 49.0 Å². The van der Waals surface area contributed by atoms with Gasteiger partial charge in [-0.1, -0.05) is 23.7 Å². The van der Waals surface area contributed by atoms with Gasteiger partial charge in [-0.05, 0) is 30.3 Å². The fourth-order valence-corrected chi connectivity index (χ4v) is 3.39. The molecule has 0 unspecified atom stereocenters. The van der Waals surface area contributed by atoms with Crippen LogP contribution in [0.4, 0.5) is 18.9 Å². The molecule has 1 saturated heterocycles. The lowest BCUT2D eigenvalue weighted by Gasteiger charge is -2.18. The molecule has 1 atom stereocenters. The maximum atomic E-state index is 12.9. The third-order valence-electron chi connectivity index (χ3n) is 4.96. The number of hydrogen-bond acceptors (Lipinski definition) is 6. The molecule has 0 aliphatic carbocycles. The molecule has 2 aromatic rings. The summed E-state index contributed by atoms with van der Waals surface area (Å²) in [6.45, 7) is -1.01. The fraction of sp³-hybridized carbons (Fsp3) is 0.273. The van der Waals surface area contributed by atoms with Crippen molar-refractivity contribution in [2.45, 2.75) is 12.6 Å². The fourth-order valence-electron chi connectivity index (χ4n) is 3.23. The van der Waals surface area contributed by atoms with Crippen LogP contribution in [0.3, 0.4) is 0 Å². The molecule has 1 aliphatic rings. The van der Waals surface area contributed by atoms with Crippen molar-refractivity contribution in [3.63, 3.8) is 0 Å². The summed E-state index contributed by atoms with van der Waals surface area (Å²) in [5, 5.41) is 2.97. The number of carbonyl (C=O) groups excluding carboxylic acids is 4. The minimum absolute atomic E-state index is 0.138. The molecule has 3 rings (SSSR count). The summed E-state index contributed by atoms with van der Waals surface area (Å²) in [6, 6.07) is 8.73. The van der Waals surface area contributed by atoms with E-state index in [9.17, 15) is 32.3 Å². The molecule has 1 aliphatic heterocycles. The van der Waals surface area contributed by atoms with Crippen molar-refractivity contribution in [1.82, 2.24) is 10.4 Å². The third-order valence-corrected chi connectivity index (χ3v) is 5.29. The second-order valence-electron chi connectivity index (χ2n) is 7.39. The quantitative estimate of drug-likeness (QED) is 0.550. The summed E-state index contributed by atoms with van der Waals surface area (Å²) in [5.41, 5.74) is 1.25. The van der Waals surface area contributed by atoms with Crippen molar-refractivity contribution >= 4 is 41.0 Å². The number of halogens is 4. The average molecular weight is 514 g/mol. The van der Waals surface area contributed by atoms with Crippen LogP contribution in [-0.2, 0) is 25.3 Å². The number of anilines is 1. The molecule has 2 N–H and O–H groups in total. The Morgan fingerprint density at radius 2 is 1.89 bits per heavy atom. The maximum Gasteiger partial charge on any atom is 0.416 e. The lowest BCUT2D eigenvalue weighted by Crippen LogP contribution is -2.43. The van der Waals surface area contributed by atoms with E-state index >= 15 is 0 Å². The van der Waals surface area contributed by atoms with Gasteiger partial charge in [-0.25, -0.2) is 0 Å². The largest absolute Gasteiger partial charge is 0.496 e. The molecule has 9 nitrogen and oxygen atoms in total. The van der Waals surface area contributed by atoms with Crippen molar-refractivity contribution < 1.29 is 41.8 Å². The topological polar surface area (TPSA) is 114 Å². The number of alkyl halides is 3. The van der Waals surface area contributed by atoms with Crippen LogP contribution in [0.15, 0.2) is 42.5 Å². The molecule has 13 heteroatoms. The Bertz CT molecular complexity index is 1160. The number of hydrazine groups is 1. The molecular formula is C22H19ClF3N3O6. The molecule has 35 heavy (non-hydrogen) atoms. The Morgan fingerprint density at radius 1 is 1.17 bits per heavy atom. The molecule has 0 spiro atoms. The lowest BCUT2D eigenvalue weighted by molar-refractivity contribution is -0.151. The number of esters is 1. The van der Waals surface area contributed by atoms with Crippen molar-refractivity contribution in [1.29, 1.82) is 0 Å². The van der Waals surface area contributed by atoms with Gasteiger partial charge in [0.25, 0.3) is 11.8 Å². The summed E-state index contributed by atoms with van der Waals surface area (Å²) >= 11 is 5.82. The van der Waals surface area contributed by atoms with Crippen LogP contribution in [0.2, 0.25) is 5.02 Å². The van der Waals surface area contributed by atoms with Gasteiger partial charge in [-0.3, -0.25) is 29.6 Å². The highest BCUT2D eigenvalue weighted by Gasteiger charge is 2.37. The smallest absolute Gasteiger partial charge is 0.416 e. The summed E-state index contributed by atoms with van der Waals surface area (Å²) in [7, 11) is 1.39. The molecule has 1 fully saturated rings. The number of methoxy groups -OCH3 is 1. The molecule has 2 aromatic carbocycles. The van der Waals surface area contributed by atoms with Gasteiger partial charge in [0.2, 0.25) is 5.91 Å². The highest BCUT2D eigenvalue weighted by molar-refractivity contribution is 6.33. The Morgan fingerprint density at radius 3 is 2.57 bits per heavy atom. The zero-order valence-electron chi connectivity index (χ0n) is 18.1. The van der Waals surface area contributed by atoms with E-state index in [1.165, 1.54) is 13.2 Å². The minimum Gasteiger partial charge on any atom is -0.496 e. The van der Waals surface area contributed by atoms with Gasteiger partial charge in [-0.15, -0.1) is 0 Å². The number of nitrogens with one attached hydrogen (secondary N) is 2. The first-order valence-electron chi connectivity index (χ1n) is 10.1. The second kappa shape index (κ2) is 10.6. The summed E-state index contributed by atoms with van der Waals surface area (Å²) < 4.78 is 48.6. The zero-order chi connectivity index (χ0) is 25.8. The van der Waals surface area contributed by atoms with Gasteiger partial charge < -0.3 is 14.8 Å². The predicted molar refractivity (Wildman–Crippen MR) is 116 cm³/mol. The van der Waals surface area contributed by atoms with Crippen LogP contribution in [0.5, 0.6) is 5.75 Å². The molecule has 3 amide bonds. The van der Waals surface area contributed by atoms with Crippen molar-refractivity contribution in [2.75, 3.05) is 25.6 Å². The number of hydrogen-bond donors (Lipinski definition) is 2. The number of ether oxygens (including phenoxy) is 2. The summed E-state index contributed by atoms with van der Waals surface area (Å²) in [5.74, 6) is -3.66. The first-order valence-corrected chi connectivity index (χ1v) is 10.4. The van der Waals surface area contributed by atoms with E-state index < -0.39 is 48.0 Å². The Kier molecular flexibility index (Phi) is 7.85. The van der Waals surface area contributed by atoms with E-state index in [0.717, 1.165) is 17.1 Å². The van der Waals surface area contributed by atoms with Crippen LogP contribution in [0, 0.1) is 5.92 Å². The summed E-state index contributed by atoms with van der Waals surface area (Å²) in [4.78, 5) is 49.1. The number of rotatable bonds is 7. The minimum atomic E-state index is -4.64. The van der Waals surface area contributed by atoms with Gasteiger partial charge >= 0.3 is 12.1 Å². The average Bonchev–Trinajstić information content (AvgIpc) is 3.18. The number of nitrogens with zero attached hydrogens (tertiary/aromatic N) is 1. The SMILES string of the molecule is COc1ccccc1C(=O)NN1C[C@H](C(=O)OCC(=O)Nc2cc(C(F)(F)F)ccc2Cl)CC1=O. The third kappa shape index (κ3) is 6.41. The van der Waals surface area contributed by atoms with E-state index in [0.29, 0.717) is 11.8 Å². The first-order chi connectivity index (χ1) is 16.5. The molecule has 186 valence electrons. The molecule has 0 radical (unpaired) electrons. The van der Waals surface area contributed by atoms with E-state index in [1.807, 2.05) is 0 Å². The maximum absolute atomic E-state index is 12.9. The Balaban J connectivity index is 1.53. The van der Waals surface area contributed by atoms with Crippen molar-refractivity contribution in [3.05, 3.63) is 58.6 Å². The summed E-state index contributed by atoms with van der Waals surface area (Å²) in [6.07, 6.45) is -4.91. The number of carbonyl (C=O) groups is 4. The van der Waals surface area contributed by atoms with Gasteiger partial charge in [-0.2, -0.15) is 13.2 Å². The van der Waals surface area contributed by atoms with Crippen LogP contribution in [0.25, 0.3) is 0 Å². The van der Waals surface area contributed by atoms with Crippen molar-refractivity contribution in [2.24, 2.45) is 5.92 Å². The van der Waals surface area contributed by atoms with E-state index in [1.54, 1.807) is 18.2 Å². The van der Waals surface area contributed by atoms with Crippen LogP contribution >= 0.6 is 11.6 Å². The number of para-hydroxylation sites is 1. The molecule has 0 saturated carbocycles. The number of amides is 3. The zero-order valence-corrected chi connectivity index (χ0v) is 18.9. The first kappa shape index (κ1) is 25.8. The molecule has 0 bridgehead atoms. The van der Waals surface area contributed by atoms with E-state index in [2.05, 4.69) is 10.7 Å². The van der Waals surface area contributed by atoms with Gasteiger partial charge in [0.15, 0.2) is 6.61 Å². The molecular weight excluding hydrogens is 495 g/mol. The highest BCUT2D eigenvalue weighted by atomic mass is 35.5. The molecule has 0 aromatic heterocycles. The number of benzene rings is 2. The normalized spacial score (nSPS) is 15.5. The van der Waals surface area contributed by atoms with Gasteiger partial charge in [0.05, 0.1) is 41.4 Å². The Labute approximate surface area is 202 Å². The Hall–Kier alpha value is -3.80.